The molecule has 2 aromatic rings. The van der Waals surface area contributed by atoms with E-state index in [-0.39, 0.29) is 12.4 Å². The second-order valence-corrected chi connectivity index (χ2v) is 7.87. The van der Waals surface area contributed by atoms with E-state index in [1.54, 1.807) is 0 Å². The van der Waals surface area contributed by atoms with E-state index in [0.29, 0.717) is 6.61 Å². The van der Waals surface area contributed by atoms with Crippen molar-refractivity contribution < 1.29 is 9.47 Å². The molecule has 1 saturated heterocycles. The monoisotopic (exact) mass is 417 g/mol. The smallest absolute Gasteiger partial charge is 0.120 e. The molecule has 0 saturated carbocycles. The van der Waals surface area contributed by atoms with E-state index < -0.39 is 0 Å². The molecule has 1 aliphatic heterocycles. The molecule has 3 rings (SSSR count). The lowest BCUT2D eigenvalue weighted by molar-refractivity contribution is 0.161. The highest BCUT2D eigenvalue weighted by molar-refractivity contribution is 5.85. The second-order valence-electron chi connectivity index (χ2n) is 7.87. The number of hydrogen-bond donors (Lipinski definition) is 0. The van der Waals surface area contributed by atoms with Gasteiger partial charge in [-0.05, 0) is 81.1 Å². The van der Waals surface area contributed by atoms with Crippen molar-refractivity contribution in [2.24, 2.45) is 5.92 Å². The molecule has 0 radical (unpaired) electrons. The first kappa shape index (κ1) is 23.6. The summed E-state index contributed by atoms with van der Waals surface area (Å²) in [6.07, 6.45) is 7.84. The Kier molecular flexibility index (Phi) is 11.0. The number of ether oxygens (including phenoxy) is 2. The maximum Gasteiger partial charge on any atom is 0.120 e. The van der Waals surface area contributed by atoms with Gasteiger partial charge in [-0.15, -0.1) is 12.4 Å². The number of hydrogen-bond acceptors (Lipinski definition) is 3. The maximum atomic E-state index is 5.96. The molecule has 29 heavy (non-hydrogen) atoms. The van der Waals surface area contributed by atoms with Gasteiger partial charge in [-0.3, -0.25) is 0 Å². The molecular formula is C25H36ClNO2. The van der Waals surface area contributed by atoms with Gasteiger partial charge in [-0.25, -0.2) is 0 Å². The predicted molar refractivity (Wildman–Crippen MR) is 123 cm³/mol. The van der Waals surface area contributed by atoms with Gasteiger partial charge in [0.15, 0.2) is 0 Å². The van der Waals surface area contributed by atoms with Gasteiger partial charge in [-0.2, -0.15) is 0 Å². The molecule has 0 bridgehead atoms. The van der Waals surface area contributed by atoms with E-state index in [9.17, 15) is 0 Å². The minimum atomic E-state index is 0. The molecule has 0 aliphatic carbocycles. The van der Waals surface area contributed by atoms with Crippen LogP contribution in [0.2, 0.25) is 0 Å². The molecule has 0 N–H and O–H groups in total. The number of rotatable bonds is 11. The first-order valence-corrected chi connectivity index (χ1v) is 11.0. The van der Waals surface area contributed by atoms with Crippen molar-refractivity contribution in [2.75, 3.05) is 26.2 Å². The van der Waals surface area contributed by atoms with Crippen molar-refractivity contribution in [3.63, 3.8) is 0 Å². The van der Waals surface area contributed by atoms with Crippen molar-refractivity contribution in [1.82, 2.24) is 4.90 Å². The highest BCUT2D eigenvalue weighted by atomic mass is 35.5. The zero-order valence-corrected chi connectivity index (χ0v) is 18.5. The summed E-state index contributed by atoms with van der Waals surface area (Å²) in [5.41, 5.74) is 1.18. The van der Waals surface area contributed by atoms with Gasteiger partial charge in [0.05, 0.1) is 6.61 Å². The number of unbranched alkanes of at least 4 members (excludes halogenated alkanes) is 2. The SMILES string of the molecule is CCCCCN1CCC(CCOc2ccc(OCc3ccccc3)cc2)CC1.Cl. The topological polar surface area (TPSA) is 21.7 Å². The van der Waals surface area contributed by atoms with E-state index >= 15 is 0 Å². The third-order valence-electron chi connectivity index (χ3n) is 5.65. The number of piperidine rings is 1. The lowest BCUT2D eigenvalue weighted by Gasteiger charge is -2.31. The van der Waals surface area contributed by atoms with Crippen LogP contribution in [-0.2, 0) is 6.61 Å². The molecule has 4 heteroatoms. The number of halogens is 1. The van der Waals surface area contributed by atoms with Crippen LogP contribution in [0.15, 0.2) is 54.6 Å². The number of likely N-dealkylation sites (tertiary alicyclic amines) is 1. The minimum absolute atomic E-state index is 0. The lowest BCUT2D eigenvalue weighted by Crippen LogP contribution is -2.34. The van der Waals surface area contributed by atoms with E-state index in [0.717, 1.165) is 30.4 Å². The average molecular weight is 418 g/mol. The van der Waals surface area contributed by atoms with Crippen molar-refractivity contribution in [1.29, 1.82) is 0 Å². The third kappa shape index (κ3) is 8.67. The second kappa shape index (κ2) is 13.5. The highest BCUT2D eigenvalue weighted by Crippen LogP contribution is 2.23. The minimum Gasteiger partial charge on any atom is -0.494 e. The van der Waals surface area contributed by atoms with Crippen LogP contribution in [0.3, 0.4) is 0 Å². The van der Waals surface area contributed by atoms with Crippen LogP contribution in [0.5, 0.6) is 11.5 Å². The van der Waals surface area contributed by atoms with Gasteiger partial charge in [0.1, 0.15) is 18.1 Å². The first-order chi connectivity index (χ1) is 13.8. The number of nitrogens with zero attached hydrogens (tertiary/aromatic N) is 1. The molecule has 160 valence electrons. The highest BCUT2D eigenvalue weighted by Gasteiger charge is 2.18. The summed E-state index contributed by atoms with van der Waals surface area (Å²) in [5.74, 6) is 2.63. The van der Waals surface area contributed by atoms with Gasteiger partial charge in [0.2, 0.25) is 0 Å². The maximum absolute atomic E-state index is 5.96. The Bertz CT molecular complexity index is 654. The van der Waals surface area contributed by atoms with Crippen molar-refractivity contribution >= 4 is 12.4 Å². The standard InChI is InChI=1S/C25H35NO2.ClH/c1-2-3-7-17-26-18-14-22(15-19-26)16-20-27-24-10-12-25(13-11-24)28-21-23-8-5-4-6-9-23;/h4-6,8-13,22H,2-3,7,14-21H2,1H3;1H. The molecule has 0 unspecified atom stereocenters. The Morgan fingerprint density at radius 1 is 0.862 bits per heavy atom. The zero-order chi connectivity index (χ0) is 19.4. The van der Waals surface area contributed by atoms with Crippen LogP contribution < -0.4 is 9.47 Å². The largest absolute Gasteiger partial charge is 0.494 e. The summed E-state index contributed by atoms with van der Waals surface area (Å²) in [4.78, 5) is 2.64. The van der Waals surface area contributed by atoms with Crippen LogP contribution in [0.1, 0.15) is 51.0 Å². The lowest BCUT2D eigenvalue weighted by atomic mass is 9.94. The summed E-state index contributed by atoms with van der Waals surface area (Å²) in [7, 11) is 0. The molecular weight excluding hydrogens is 382 g/mol. The Morgan fingerprint density at radius 3 is 2.17 bits per heavy atom. The Morgan fingerprint density at radius 2 is 1.52 bits per heavy atom. The van der Waals surface area contributed by atoms with E-state index in [1.807, 2.05) is 42.5 Å². The predicted octanol–water partition coefficient (Wildman–Crippen LogP) is 6.36. The quantitative estimate of drug-likeness (QED) is 0.397. The molecule has 0 spiro atoms. The molecule has 1 aliphatic rings. The normalized spacial score (nSPS) is 14.9. The Balaban J connectivity index is 0.00000300. The summed E-state index contributed by atoms with van der Waals surface area (Å²) >= 11 is 0. The number of benzene rings is 2. The van der Waals surface area contributed by atoms with Crippen LogP contribution in [0, 0.1) is 5.92 Å². The van der Waals surface area contributed by atoms with Crippen LogP contribution in [-0.4, -0.2) is 31.1 Å². The van der Waals surface area contributed by atoms with Gasteiger partial charge < -0.3 is 14.4 Å². The fourth-order valence-corrected chi connectivity index (χ4v) is 3.80. The van der Waals surface area contributed by atoms with Crippen molar-refractivity contribution in [2.45, 2.75) is 52.1 Å². The van der Waals surface area contributed by atoms with Crippen molar-refractivity contribution in [3.05, 3.63) is 60.2 Å². The van der Waals surface area contributed by atoms with Crippen LogP contribution in [0.25, 0.3) is 0 Å². The molecule has 1 fully saturated rings. The van der Waals surface area contributed by atoms with Gasteiger partial charge in [0, 0.05) is 0 Å². The third-order valence-corrected chi connectivity index (χ3v) is 5.65. The molecule has 0 aromatic heterocycles. The Labute approximate surface area is 182 Å². The Hall–Kier alpha value is -1.71. The zero-order valence-electron chi connectivity index (χ0n) is 17.7. The molecule has 0 amide bonds. The molecule has 1 heterocycles. The molecule has 3 nitrogen and oxygen atoms in total. The summed E-state index contributed by atoms with van der Waals surface area (Å²) in [6, 6.07) is 18.2. The first-order valence-electron chi connectivity index (χ1n) is 11.0. The summed E-state index contributed by atoms with van der Waals surface area (Å²) in [6.45, 7) is 7.50. The van der Waals surface area contributed by atoms with E-state index in [1.165, 1.54) is 57.3 Å². The van der Waals surface area contributed by atoms with Gasteiger partial charge >= 0.3 is 0 Å². The van der Waals surface area contributed by atoms with E-state index in [4.69, 9.17) is 9.47 Å². The van der Waals surface area contributed by atoms with Gasteiger partial charge in [-0.1, -0.05) is 50.1 Å². The van der Waals surface area contributed by atoms with Crippen LogP contribution in [0.4, 0.5) is 0 Å². The fraction of sp³-hybridized carbons (Fsp3) is 0.520. The molecule has 0 atom stereocenters. The van der Waals surface area contributed by atoms with Crippen LogP contribution >= 0.6 is 12.4 Å². The molecule has 2 aromatic carbocycles. The van der Waals surface area contributed by atoms with E-state index in [2.05, 4.69) is 24.0 Å². The average Bonchev–Trinajstić information content (AvgIpc) is 2.75. The van der Waals surface area contributed by atoms with Crippen molar-refractivity contribution in [3.8, 4) is 11.5 Å². The summed E-state index contributed by atoms with van der Waals surface area (Å²) in [5, 5.41) is 0. The fourth-order valence-electron chi connectivity index (χ4n) is 3.80. The van der Waals surface area contributed by atoms with Gasteiger partial charge in [0.25, 0.3) is 0 Å². The summed E-state index contributed by atoms with van der Waals surface area (Å²) < 4.78 is 11.8.